The van der Waals surface area contributed by atoms with Crippen molar-refractivity contribution in [3.63, 3.8) is 0 Å². The molecule has 0 spiro atoms. The Morgan fingerprint density at radius 1 is 1.35 bits per heavy atom. The standard InChI is InChI=1S/C14H18ClN3O2/c1-16-6-10-4-12(15)14(13(5-10)19-3)20-9-11-7-17-18(2)8-11/h4-5,7-8,16H,6,9H2,1-3H3. The molecule has 2 rings (SSSR count). The molecule has 0 saturated heterocycles. The normalized spacial score (nSPS) is 10.6. The molecule has 0 aliphatic rings. The SMILES string of the molecule is CNCc1cc(Cl)c(OCc2cnn(C)c2)c(OC)c1. The molecule has 0 radical (unpaired) electrons. The molecule has 2 aromatic rings. The van der Waals surface area contributed by atoms with E-state index in [1.807, 2.05) is 32.4 Å². The van der Waals surface area contributed by atoms with E-state index in [0.717, 1.165) is 17.7 Å². The van der Waals surface area contributed by atoms with Gasteiger partial charge in [0.1, 0.15) is 6.61 Å². The quantitative estimate of drug-likeness (QED) is 0.889. The summed E-state index contributed by atoms with van der Waals surface area (Å²) in [4.78, 5) is 0. The van der Waals surface area contributed by atoms with Gasteiger partial charge in [-0.05, 0) is 24.7 Å². The fourth-order valence-electron chi connectivity index (χ4n) is 1.92. The lowest BCUT2D eigenvalue weighted by molar-refractivity contribution is 0.284. The first-order valence-electron chi connectivity index (χ1n) is 6.25. The molecule has 0 atom stereocenters. The molecule has 0 fully saturated rings. The summed E-state index contributed by atoms with van der Waals surface area (Å²) in [5, 5.41) is 7.71. The van der Waals surface area contributed by atoms with Gasteiger partial charge in [0.2, 0.25) is 0 Å². The van der Waals surface area contributed by atoms with Gasteiger partial charge < -0.3 is 14.8 Å². The lowest BCUT2D eigenvalue weighted by Crippen LogP contribution is -2.06. The number of hydrogen-bond acceptors (Lipinski definition) is 4. The van der Waals surface area contributed by atoms with Crippen LogP contribution in [-0.4, -0.2) is 23.9 Å². The first kappa shape index (κ1) is 14.7. The van der Waals surface area contributed by atoms with Crippen molar-refractivity contribution in [2.75, 3.05) is 14.2 Å². The summed E-state index contributed by atoms with van der Waals surface area (Å²) in [6, 6.07) is 3.79. The molecule has 1 aromatic heterocycles. The number of hydrogen-bond donors (Lipinski definition) is 1. The Morgan fingerprint density at radius 3 is 2.75 bits per heavy atom. The van der Waals surface area contributed by atoms with Crippen LogP contribution in [0.2, 0.25) is 5.02 Å². The van der Waals surface area contributed by atoms with Crippen LogP contribution in [0.5, 0.6) is 11.5 Å². The van der Waals surface area contributed by atoms with Gasteiger partial charge in [-0.15, -0.1) is 0 Å². The minimum atomic E-state index is 0.398. The molecule has 1 aromatic carbocycles. The van der Waals surface area contributed by atoms with E-state index in [4.69, 9.17) is 21.1 Å². The van der Waals surface area contributed by atoms with E-state index in [0.29, 0.717) is 23.1 Å². The van der Waals surface area contributed by atoms with Crippen molar-refractivity contribution in [2.45, 2.75) is 13.2 Å². The third kappa shape index (κ3) is 3.43. The molecule has 1 N–H and O–H groups in total. The highest BCUT2D eigenvalue weighted by Crippen LogP contribution is 2.36. The number of aromatic nitrogens is 2. The average molecular weight is 296 g/mol. The molecular weight excluding hydrogens is 278 g/mol. The number of aryl methyl sites for hydroxylation is 1. The third-order valence-electron chi connectivity index (χ3n) is 2.81. The Hall–Kier alpha value is -1.72. The summed E-state index contributed by atoms with van der Waals surface area (Å²) >= 11 is 6.27. The first-order valence-corrected chi connectivity index (χ1v) is 6.63. The van der Waals surface area contributed by atoms with Gasteiger partial charge >= 0.3 is 0 Å². The minimum Gasteiger partial charge on any atom is -0.493 e. The number of rotatable bonds is 6. The molecule has 0 aliphatic heterocycles. The van der Waals surface area contributed by atoms with Crippen molar-refractivity contribution < 1.29 is 9.47 Å². The predicted molar refractivity (Wildman–Crippen MR) is 78.3 cm³/mol. The Morgan fingerprint density at radius 2 is 2.15 bits per heavy atom. The van der Waals surface area contributed by atoms with Crippen LogP contribution in [0.3, 0.4) is 0 Å². The molecule has 0 aliphatic carbocycles. The highest BCUT2D eigenvalue weighted by atomic mass is 35.5. The zero-order valence-electron chi connectivity index (χ0n) is 11.8. The molecule has 0 unspecified atom stereocenters. The van der Waals surface area contributed by atoms with Gasteiger partial charge in [0.25, 0.3) is 0 Å². The lowest BCUT2D eigenvalue weighted by atomic mass is 10.2. The summed E-state index contributed by atoms with van der Waals surface area (Å²) in [6.07, 6.45) is 3.66. The molecule has 0 bridgehead atoms. The topological polar surface area (TPSA) is 48.3 Å². The van der Waals surface area contributed by atoms with E-state index in [1.165, 1.54) is 0 Å². The minimum absolute atomic E-state index is 0.398. The Kier molecular flexibility index (Phi) is 4.87. The summed E-state index contributed by atoms with van der Waals surface area (Å²) < 4.78 is 12.8. The van der Waals surface area contributed by atoms with Crippen LogP contribution in [-0.2, 0) is 20.2 Å². The summed E-state index contributed by atoms with van der Waals surface area (Å²) in [7, 11) is 5.35. The second kappa shape index (κ2) is 6.63. The molecular formula is C14H18ClN3O2. The number of benzene rings is 1. The van der Waals surface area contributed by atoms with Gasteiger partial charge in [-0.2, -0.15) is 5.10 Å². The van der Waals surface area contributed by atoms with Crippen LogP contribution >= 0.6 is 11.6 Å². The van der Waals surface area contributed by atoms with Gasteiger partial charge in [-0.3, -0.25) is 4.68 Å². The van der Waals surface area contributed by atoms with Crippen molar-refractivity contribution in [2.24, 2.45) is 7.05 Å². The second-order valence-corrected chi connectivity index (χ2v) is 4.86. The van der Waals surface area contributed by atoms with Crippen LogP contribution in [0.25, 0.3) is 0 Å². The van der Waals surface area contributed by atoms with Gasteiger partial charge in [-0.25, -0.2) is 0 Å². The van der Waals surface area contributed by atoms with Gasteiger partial charge in [0.15, 0.2) is 11.5 Å². The third-order valence-corrected chi connectivity index (χ3v) is 3.09. The zero-order chi connectivity index (χ0) is 14.5. The van der Waals surface area contributed by atoms with E-state index in [1.54, 1.807) is 18.0 Å². The number of halogens is 1. The largest absolute Gasteiger partial charge is 0.493 e. The van der Waals surface area contributed by atoms with Gasteiger partial charge in [0.05, 0.1) is 18.3 Å². The lowest BCUT2D eigenvalue weighted by Gasteiger charge is -2.13. The monoisotopic (exact) mass is 295 g/mol. The number of nitrogens with one attached hydrogen (secondary N) is 1. The maximum absolute atomic E-state index is 6.27. The van der Waals surface area contributed by atoms with Crippen LogP contribution in [0, 0.1) is 0 Å². The Labute approximate surface area is 123 Å². The maximum atomic E-state index is 6.27. The highest BCUT2D eigenvalue weighted by molar-refractivity contribution is 6.32. The Balaban J connectivity index is 2.17. The zero-order valence-corrected chi connectivity index (χ0v) is 12.6. The number of nitrogens with zero attached hydrogens (tertiary/aromatic N) is 2. The fourth-order valence-corrected chi connectivity index (χ4v) is 2.21. The van der Waals surface area contributed by atoms with Crippen molar-refractivity contribution in [3.8, 4) is 11.5 Å². The van der Waals surface area contributed by atoms with Crippen molar-refractivity contribution in [1.82, 2.24) is 15.1 Å². The summed E-state index contributed by atoms with van der Waals surface area (Å²) in [5.41, 5.74) is 2.02. The number of ether oxygens (including phenoxy) is 2. The van der Waals surface area contributed by atoms with Crippen LogP contribution < -0.4 is 14.8 Å². The molecule has 5 nitrogen and oxygen atoms in total. The van der Waals surface area contributed by atoms with Crippen LogP contribution in [0.15, 0.2) is 24.5 Å². The summed E-state index contributed by atoms with van der Waals surface area (Å²) in [6.45, 7) is 1.12. The van der Waals surface area contributed by atoms with E-state index in [-0.39, 0.29) is 0 Å². The van der Waals surface area contributed by atoms with Crippen LogP contribution in [0.1, 0.15) is 11.1 Å². The molecule has 0 saturated carbocycles. The van der Waals surface area contributed by atoms with E-state index < -0.39 is 0 Å². The predicted octanol–water partition coefficient (Wildman–Crippen LogP) is 2.38. The summed E-state index contributed by atoms with van der Waals surface area (Å²) in [5.74, 6) is 1.18. The second-order valence-electron chi connectivity index (χ2n) is 4.45. The Bertz CT molecular complexity index is 584. The smallest absolute Gasteiger partial charge is 0.180 e. The molecule has 6 heteroatoms. The molecule has 1 heterocycles. The van der Waals surface area contributed by atoms with E-state index in [9.17, 15) is 0 Å². The van der Waals surface area contributed by atoms with Gasteiger partial charge in [0, 0.05) is 25.4 Å². The molecule has 108 valence electrons. The van der Waals surface area contributed by atoms with Crippen LogP contribution in [0.4, 0.5) is 0 Å². The average Bonchev–Trinajstić information content (AvgIpc) is 2.83. The van der Waals surface area contributed by atoms with E-state index in [2.05, 4.69) is 10.4 Å². The number of methoxy groups -OCH3 is 1. The fraction of sp³-hybridized carbons (Fsp3) is 0.357. The highest BCUT2D eigenvalue weighted by Gasteiger charge is 2.12. The maximum Gasteiger partial charge on any atom is 0.180 e. The molecule has 20 heavy (non-hydrogen) atoms. The van der Waals surface area contributed by atoms with Crippen molar-refractivity contribution in [1.29, 1.82) is 0 Å². The van der Waals surface area contributed by atoms with Crippen molar-refractivity contribution >= 4 is 11.6 Å². The van der Waals surface area contributed by atoms with Crippen molar-refractivity contribution in [3.05, 3.63) is 40.7 Å². The van der Waals surface area contributed by atoms with Gasteiger partial charge in [-0.1, -0.05) is 11.6 Å². The first-order chi connectivity index (χ1) is 9.63. The molecule has 0 amide bonds. The van der Waals surface area contributed by atoms with E-state index >= 15 is 0 Å².